The Bertz CT molecular complexity index is 4970. The first-order chi connectivity index (χ1) is 59.1. The molecule has 0 aliphatic carbocycles. The summed E-state index contributed by atoms with van der Waals surface area (Å²) in [6, 6.07) is 48.1. The second-order valence-corrected chi connectivity index (χ2v) is 27.5. The fraction of sp³-hybridized carbons (Fsp3) is 0.302. The van der Waals surface area contributed by atoms with Gasteiger partial charge in [0.1, 0.15) is 41.1 Å². The van der Waals surface area contributed by atoms with E-state index in [1.807, 2.05) is 0 Å². The molecule has 0 heterocycles. The second-order valence-electron chi connectivity index (χ2n) is 27.5. The summed E-state index contributed by atoms with van der Waals surface area (Å²) >= 11 is 0. The van der Waals surface area contributed by atoms with Crippen molar-refractivity contribution in [1.82, 2.24) is 0 Å². The lowest BCUT2D eigenvalue weighted by molar-refractivity contribution is -0.138. The van der Waals surface area contributed by atoms with E-state index < -0.39 is 41.8 Å². The van der Waals surface area contributed by atoms with Gasteiger partial charge in [0.15, 0.2) is 34.5 Å². The molecule has 0 amide bonds. The molecule has 0 saturated carbocycles. The molecule has 0 aliphatic rings. The van der Waals surface area contributed by atoms with Crippen LogP contribution in [0.25, 0.3) is 32.3 Å². The maximum absolute atomic E-state index is 14.8. The van der Waals surface area contributed by atoms with E-state index in [9.17, 15) is 33.6 Å². The first kappa shape index (κ1) is 90.3. The van der Waals surface area contributed by atoms with E-state index in [1.165, 1.54) is 72.8 Å². The minimum absolute atomic E-state index is 0.0274. The van der Waals surface area contributed by atoms with Crippen LogP contribution in [0.2, 0.25) is 0 Å². The van der Waals surface area contributed by atoms with Crippen molar-refractivity contribution in [2.45, 2.75) is 83.7 Å². The van der Waals surface area contributed by atoms with E-state index in [0.29, 0.717) is 160 Å². The van der Waals surface area contributed by atoms with Gasteiger partial charge in [-0.15, -0.1) is 6.58 Å². The zero-order chi connectivity index (χ0) is 85.3. The third-order valence-corrected chi connectivity index (χ3v) is 18.6. The van der Waals surface area contributed by atoms with Gasteiger partial charge in [0.2, 0.25) is 0 Å². The number of methoxy groups -OCH3 is 3. The summed E-state index contributed by atoms with van der Waals surface area (Å²) in [5.41, 5.74) is 1.17. The van der Waals surface area contributed by atoms with E-state index in [1.54, 1.807) is 137 Å². The lowest BCUT2D eigenvalue weighted by atomic mass is 9.93. The molecule has 0 N–H and O–H groups in total. The zero-order valence-corrected chi connectivity index (χ0v) is 68.3. The summed E-state index contributed by atoms with van der Waals surface area (Å²) in [7, 11) is 4.89. The standard InChI is InChI=1S/C96H100O25/c1-7-46-107-50-13-17-54-112-76-44-32-71(33-45-76)93(100)118-86-61-80-78-59-84(116-65-66-22-34-72(35-23-66)108-55-18-20-57-114-90(97)8-2)85(117-92(99)67-24-36-77(37-25-67)113-56-19-21-58-115-91(98)9-3)60-79(78)81-62-87(119-94(101)68-26-38-73(39-27-68)109-51-14-10-47-104-4)89(121-96(103)70-30-42-75(43-31-70)111-53-16-12-49-106-6)64-83(81)82(80)63-88(86)120-95(102)69-28-40-74(41-29-69)110-52-15-11-48-105-5/h7-9,22-45,59-64H,1-3,10-21,46-58,65H2,4-6H3. The number of unbranched alkanes of at least 4 members (excludes halogenated alkanes) is 6. The Labute approximate surface area is 702 Å². The molecule has 0 aliphatic heterocycles. The number of ether oxygens (including phenoxy) is 18. The van der Waals surface area contributed by atoms with E-state index in [0.717, 1.165) is 57.1 Å². The number of hydrogen-bond donors (Lipinski definition) is 0. The van der Waals surface area contributed by atoms with E-state index in [2.05, 4.69) is 19.7 Å². The molecule has 25 nitrogen and oxygen atoms in total. The van der Waals surface area contributed by atoms with Gasteiger partial charge < -0.3 is 85.3 Å². The molecule has 0 spiro atoms. The van der Waals surface area contributed by atoms with Crippen LogP contribution in [0.4, 0.5) is 0 Å². The minimum Gasteiger partial charge on any atom is -0.494 e. The van der Waals surface area contributed by atoms with Crippen molar-refractivity contribution < 1.29 is 119 Å². The van der Waals surface area contributed by atoms with Crippen LogP contribution in [0, 0.1) is 0 Å². The summed E-state index contributed by atoms with van der Waals surface area (Å²) < 4.78 is 106. The van der Waals surface area contributed by atoms with E-state index in [4.69, 9.17) is 85.3 Å². The summed E-state index contributed by atoms with van der Waals surface area (Å²) in [5.74, 6) is -3.35. The molecule has 0 aromatic heterocycles. The maximum Gasteiger partial charge on any atom is 0.343 e. The highest BCUT2D eigenvalue weighted by molar-refractivity contribution is 6.27. The number of esters is 7. The first-order valence-corrected chi connectivity index (χ1v) is 40.0. The Hall–Kier alpha value is -13.1. The fourth-order valence-electron chi connectivity index (χ4n) is 12.1. The molecule has 10 rings (SSSR count). The maximum atomic E-state index is 14.8. The summed E-state index contributed by atoms with van der Waals surface area (Å²) in [6.45, 7) is 15.7. The normalized spacial score (nSPS) is 10.9. The smallest absolute Gasteiger partial charge is 0.343 e. The van der Waals surface area contributed by atoms with Crippen LogP contribution in [0.3, 0.4) is 0 Å². The molecular formula is C96H100O25. The Kier molecular flexibility index (Phi) is 36.3. The zero-order valence-electron chi connectivity index (χ0n) is 68.3. The highest BCUT2D eigenvalue weighted by Crippen LogP contribution is 2.48. The molecule has 25 heteroatoms. The molecular weight excluding hydrogens is 1550 g/mol. The third-order valence-electron chi connectivity index (χ3n) is 18.6. The molecule has 0 unspecified atom stereocenters. The second kappa shape index (κ2) is 48.7. The van der Waals surface area contributed by atoms with Crippen LogP contribution in [0.15, 0.2) is 220 Å². The summed E-state index contributed by atoms with van der Waals surface area (Å²) in [6.07, 6.45) is 12.1. The van der Waals surface area contributed by atoms with Gasteiger partial charge in [-0.25, -0.2) is 33.6 Å². The topological polar surface area (TPSA) is 286 Å². The Morgan fingerprint density at radius 1 is 0.264 bits per heavy atom. The molecule has 634 valence electrons. The number of fused-ring (bicyclic) bond motifs is 6. The van der Waals surface area contributed by atoms with E-state index in [-0.39, 0.29) is 99.5 Å². The van der Waals surface area contributed by atoms with E-state index >= 15 is 0 Å². The molecule has 0 bridgehead atoms. The fourth-order valence-corrected chi connectivity index (χ4v) is 12.1. The SMILES string of the molecule is C=CCOCCCCOc1ccc(C(=O)Oc2cc3c4cc(OCc5ccc(OCCCCOC(=O)C=C)cc5)c(OC(=O)c5ccc(OCCCCOC(=O)C=C)cc5)cc4c4cc(OC(=O)c5ccc(OCCCCOC)cc5)c(OC(=O)c5ccc(OCCCCOC)cc5)cc4c3cc2OC(=O)c2ccc(OCCCCOC)cc2)cc1. The minimum atomic E-state index is -0.862. The molecule has 0 atom stereocenters. The molecule has 0 saturated heterocycles. The third kappa shape index (κ3) is 28.3. The Morgan fingerprint density at radius 2 is 0.488 bits per heavy atom. The van der Waals surface area contributed by atoms with Crippen molar-refractivity contribution in [3.63, 3.8) is 0 Å². The van der Waals surface area contributed by atoms with Crippen LogP contribution in [-0.4, -0.2) is 149 Å². The number of carbonyl (C=O) groups is 7. The lowest BCUT2D eigenvalue weighted by Crippen LogP contribution is -2.13. The molecule has 0 radical (unpaired) electrons. The van der Waals surface area contributed by atoms with Crippen molar-refractivity contribution in [2.75, 3.05) is 107 Å². The molecule has 10 aromatic rings. The van der Waals surface area contributed by atoms with Gasteiger partial charge in [-0.3, -0.25) is 0 Å². The van der Waals surface area contributed by atoms with Gasteiger partial charge in [-0.1, -0.05) is 31.4 Å². The van der Waals surface area contributed by atoms with Crippen molar-refractivity contribution in [3.05, 3.63) is 253 Å². The average Bonchev–Trinajstić information content (AvgIpc) is 0.722. The predicted molar refractivity (Wildman–Crippen MR) is 454 cm³/mol. The quantitative estimate of drug-likeness (QED) is 0.00854. The number of hydrogen-bond acceptors (Lipinski definition) is 25. The largest absolute Gasteiger partial charge is 0.494 e. The van der Waals surface area contributed by atoms with Gasteiger partial charge in [-0.05, 0) is 285 Å². The Balaban J connectivity index is 1.13. The average molecular weight is 1650 g/mol. The number of carbonyl (C=O) groups excluding carboxylic acids is 7. The van der Waals surface area contributed by atoms with Crippen molar-refractivity contribution in [1.29, 1.82) is 0 Å². The molecule has 121 heavy (non-hydrogen) atoms. The van der Waals surface area contributed by atoms with Gasteiger partial charge in [0.25, 0.3) is 0 Å². The predicted octanol–water partition coefficient (Wildman–Crippen LogP) is 18.4. The lowest BCUT2D eigenvalue weighted by Gasteiger charge is -2.20. The summed E-state index contributed by atoms with van der Waals surface area (Å²) in [5, 5.41) is 1.82. The van der Waals surface area contributed by atoms with Gasteiger partial charge >= 0.3 is 41.8 Å². The van der Waals surface area contributed by atoms with Crippen molar-refractivity contribution in [3.8, 4) is 69.0 Å². The Morgan fingerprint density at radius 3 is 0.736 bits per heavy atom. The van der Waals surface area contributed by atoms with Gasteiger partial charge in [0, 0.05) is 59.9 Å². The van der Waals surface area contributed by atoms with Gasteiger partial charge in [-0.2, -0.15) is 0 Å². The van der Waals surface area contributed by atoms with Crippen molar-refractivity contribution in [2.24, 2.45) is 0 Å². The van der Waals surface area contributed by atoms with Crippen LogP contribution < -0.4 is 56.8 Å². The van der Waals surface area contributed by atoms with Crippen LogP contribution in [0.5, 0.6) is 69.0 Å². The number of rotatable bonds is 53. The molecule has 10 aromatic carbocycles. The van der Waals surface area contributed by atoms with Crippen LogP contribution in [0.1, 0.15) is 134 Å². The highest BCUT2D eigenvalue weighted by Gasteiger charge is 2.27. The van der Waals surface area contributed by atoms with Crippen LogP contribution in [-0.2, 0) is 44.6 Å². The monoisotopic (exact) mass is 1650 g/mol. The first-order valence-electron chi connectivity index (χ1n) is 40.0. The molecule has 0 fully saturated rings. The van der Waals surface area contributed by atoms with Crippen LogP contribution >= 0.6 is 0 Å². The number of benzene rings is 10. The highest BCUT2D eigenvalue weighted by atomic mass is 16.6. The van der Waals surface area contributed by atoms with Gasteiger partial charge in [0.05, 0.1) is 87.3 Å². The summed E-state index contributed by atoms with van der Waals surface area (Å²) in [4.78, 5) is 97.3. The van der Waals surface area contributed by atoms with Crippen molar-refractivity contribution >= 4 is 74.1 Å².